The zero-order valence-corrected chi connectivity index (χ0v) is 11.9. The monoisotopic (exact) mass is 287 g/mol. The molecule has 1 aromatic heterocycles. The molecule has 6 nitrogen and oxygen atoms in total. The molecule has 110 valence electrons. The Kier molecular flexibility index (Phi) is 4.07. The number of anilines is 1. The highest BCUT2D eigenvalue weighted by Crippen LogP contribution is 2.21. The van der Waals surface area contributed by atoms with Crippen LogP contribution >= 0.6 is 0 Å². The van der Waals surface area contributed by atoms with E-state index in [1.54, 1.807) is 38.2 Å². The molecule has 21 heavy (non-hydrogen) atoms. The number of pyridine rings is 1. The lowest BCUT2D eigenvalue weighted by Crippen LogP contribution is -2.40. The number of aromatic nitrogens is 1. The first kappa shape index (κ1) is 14.8. The Morgan fingerprint density at radius 2 is 2.00 bits per heavy atom. The third-order valence-corrected chi connectivity index (χ3v) is 3.16. The number of carboxylic acid groups (broad SMARTS) is 1. The standard InChI is InChI=1S/C15H17N3O3/c1-15(2,13(19)20)9-17-14(21)18-12-7-3-6-11-10(12)5-4-8-16-11/h3-8H,9H2,1-2H3,(H,19,20)(H2,17,18,21). The molecule has 0 unspecified atom stereocenters. The summed E-state index contributed by atoms with van der Waals surface area (Å²) in [6, 6.07) is 8.63. The molecule has 0 atom stereocenters. The summed E-state index contributed by atoms with van der Waals surface area (Å²) >= 11 is 0. The Morgan fingerprint density at radius 3 is 2.71 bits per heavy atom. The van der Waals surface area contributed by atoms with E-state index in [1.165, 1.54) is 0 Å². The molecule has 6 heteroatoms. The molecule has 0 aliphatic heterocycles. The summed E-state index contributed by atoms with van der Waals surface area (Å²) in [7, 11) is 0. The van der Waals surface area contributed by atoms with Gasteiger partial charge in [0.05, 0.1) is 16.6 Å². The zero-order chi connectivity index (χ0) is 15.5. The van der Waals surface area contributed by atoms with Gasteiger partial charge in [0.2, 0.25) is 0 Å². The van der Waals surface area contributed by atoms with Gasteiger partial charge in [0, 0.05) is 18.1 Å². The lowest BCUT2D eigenvalue weighted by Gasteiger charge is -2.19. The number of urea groups is 1. The minimum Gasteiger partial charge on any atom is -0.481 e. The van der Waals surface area contributed by atoms with E-state index in [-0.39, 0.29) is 6.54 Å². The van der Waals surface area contributed by atoms with Gasteiger partial charge < -0.3 is 15.7 Å². The number of benzene rings is 1. The van der Waals surface area contributed by atoms with Crippen molar-refractivity contribution in [2.45, 2.75) is 13.8 Å². The summed E-state index contributed by atoms with van der Waals surface area (Å²) in [4.78, 5) is 27.1. The van der Waals surface area contributed by atoms with E-state index in [1.807, 2.05) is 12.1 Å². The summed E-state index contributed by atoms with van der Waals surface area (Å²) in [6.45, 7) is 3.14. The van der Waals surface area contributed by atoms with Crippen molar-refractivity contribution in [2.24, 2.45) is 5.41 Å². The summed E-state index contributed by atoms with van der Waals surface area (Å²) in [5.74, 6) is -0.961. The lowest BCUT2D eigenvalue weighted by molar-refractivity contribution is -0.146. The van der Waals surface area contributed by atoms with Gasteiger partial charge in [-0.15, -0.1) is 0 Å². The highest BCUT2D eigenvalue weighted by molar-refractivity contribution is 6.00. The van der Waals surface area contributed by atoms with Crippen LogP contribution in [0.4, 0.5) is 10.5 Å². The number of hydrogen-bond acceptors (Lipinski definition) is 3. The van der Waals surface area contributed by atoms with Crippen LogP contribution in [0.5, 0.6) is 0 Å². The van der Waals surface area contributed by atoms with Gasteiger partial charge in [-0.2, -0.15) is 0 Å². The maximum Gasteiger partial charge on any atom is 0.319 e. The molecule has 3 N–H and O–H groups in total. The number of aliphatic carboxylic acids is 1. The van der Waals surface area contributed by atoms with Crippen molar-refractivity contribution in [3.8, 4) is 0 Å². The normalized spacial score (nSPS) is 11.1. The third kappa shape index (κ3) is 3.47. The van der Waals surface area contributed by atoms with E-state index in [2.05, 4.69) is 15.6 Å². The van der Waals surface area contributed by atoms with E-state index in [4.69, 9.17) is 5.11 Å². The number of amides is 2. The number of carboxylic acids is 1. The van der Waals surface area contributed by atoms with Gasteiger partial charge in [0.1, 0.15) is 0 Å². The van der Waals surface area contributed by atoms with Crippen LogP contribution < -0.4 is 10.6 Å². The van der Waals surface area contributed by atoms with Crippen molar-refractivity contribution in [1.29, 1.82) is 0 Å². The topological polar surface area (TPSA) is 91.3 Å². The second-order valence-electron chi connectivity index (χ2n) is 5.37. The van der Waals surface area contributed by atoms with Crippen LogP contribution in [-0.2, 0) is 4.79 Å². The number of hydrogen-bond donors (Lipinski definition) is 3. The van der Waals surface area contributed by atoms with Gasteiger partial charge in [-0.05, 0) is 38.1 Å². The van der Waals surface area contributed by atoms with Gasteiger partial charge in [0.25, 0.3) is 0 Å². The molecule has 0 aliphatic rings. The van der Waals surface area contributed by atoms with Crippen molar-refractivity contribution in [1.82, 2.24) is 10.3 Å². The first-order valence-electron chi connectivity index (χ1n) is 6.52. The molecule has 2 rings (SSSR count). The van der Waals surface area contributed by atoms with E-state index in [9.17, 15) is 9.59 Å². The maximum absolute atomic E-state index is 11.9. The molecule has 1 heterocycles. The summed E-state index contributed by atoms with van der Waals surface area (Å²) < 4.78 is 0. The average molecular weight is 287 g/mol. The molecule has 0 aliphatic carbocycles. The van der Waals surface area contributed by atoms with Crippen LogP contribution in [0.3, 0.4) is 0 Å². The molecule has 0 fully saturated rings. The van der Waals surface area contributed by atoms with E-state index in [0.29, 0.717) is 5.69 Å². The van der Waals surface area contributed by atoms with E-state index in [0.717, 1.165) is 10.9 Å². The van der Waals surface area contributed by atoms with Crippen LogP contribution in [0.25, 0.3) is 10.9 Å². The zero-order valence-electron chi connectivity index (χ0n) is 11.9. The van der Waals surface area contributed by atoms with E-state index >= 15 is 0 Å². The number of nitrogens with zero attached hydrogens (tertiary/aromatic N) is 1. The molecule has 0 bridgehead atoms. The van der Waals surface area contributed by atoms with Crippen molar-refractivity contribution >= 4 is 28.6 Å². The third-order valence-electron chi connectivity index (χ3n) is 3.16. The molecule has 0 spiro atoms. The number of carbonyl (C=O) groups excluding carboxylic acids is 1. The van der Waals surface area contributed by atoms with Gasteiger partial charge in [0.15, 0.2) is 0 Å². The number of fused-ring (bicyclic) bond motifs is 1. The Hall–Kier alpha value is -2.63. The van der Waals surface area contributed by atoms with Crippen LogP contribution in [0, 0.1) is 5.41 Å². The lowest BCUT2D eigenvalue weighted by atomic mass is 9.94. The van der Waals surface area contributed by atoms with E-state index < -0.39 is 17.4 Å². The van der Waals surface area contributed by atoms with Crippen molar-refractivity contribution in [3.63, 3.8) is 0 Å². The molecular formula is C15H17N3O3. The minimum absolute atomic E-state index is 0.0389. The quantitative estimate of drug-likeness (QED) is 0.805. The average Bonchev–Trinajstić information content (AvgIpc) is 2.45. The number of carbonyl (C=O) groups is 2. The minimum atomic E-state index is -1.02. The summed E-state index contributed by atoms with van der Waals surface area (Å²) in [5.41, 5.74) is 0.393. The first-order valence-corrected chi connectivity index (χ1v) is 6.52. The predicted molar refractivity (Wildman–Crippen MR) is 80.2 cm³/mol. The Balaban J connectivity index is 2.07. The fraction of sp³-hybridized carbons (Fsp3) is 0.267. The largest absolute Gasteiger partial charge is 0.481 e. The van der Waals surface area contributed by atoms with Crippen molar-refractivity contribution in [3.05, 3.63) is 36.5 Å². The molecular weight excluding hydrogens is 270 g/mol. The second kappa shape index (κ2) is 5.78. The van der Waals surface area contributed by atoms with Gasteiger partial charge in [-0.1, -0.05) is 6.07 Å². The fourth-order valence-electron chi connectivity index (χ4n) is 1.76. The van der Waals surface area contributed by atoms with Crippen LogP contribution in [0.1, 0.15) is 13.8 Å². The Morgan fingerprint density at radius 1 is 1.24 bits per heavy atom. The highest BCUT2D eigenvalue weighted by Gasteiger charge is 2.27. The molecule has 0 saturated heterocycles. The fourth-order valence-corrected chi connectivity index (χ4v) is 1.76. The van der Waals surface area contributed by atoms with Crippen LogP contribution in [-0.4, -0.2) is 28.6 Å². The number of rotatable bonds is 4. The van der Waals surface area contributed by atoms with Crippen LogP contribution in [0.2, 0.25) is 0 Å². The highest BCUT2D eigenvalue weighted by atomic mass is 16.4. The maximum atomic E-state index is 11.9. The summed E-state index contributed by atoms with van der Waals surface area (Å²) in [5, 5.41) is 15.1. The molecule has 2 amide bonds. The molecule has 0 radical (unpaired) electrons. The van der Waals surface area contributed by atoms with Gasteiger partial charge in [-0.25, -0.2) is 4.79 Å². The molecule has 1 aromatic carbocycles. The summed E-state index contributed by atoms with van der Waals surface area (Å²) in [6.07, 6.45) is 1.68. The van der Waals surface area contributed by atoms with Gasteiger partial charge in [-0.3, -0.25) is 9.78 Å². The van der Waals surface area contributed by atoms with Crippen LogP contribution in [0.15, 0.2) is 36.5 Å². The van der Waals surface area contributed by atoms with Crippen molar-refractivity contribution in [2.75, 3.05) is 11.9 Å². The Bertz CT molecular complexity index is 677. The first-order chi connectivity index (χ1) is 9.90. The molecule has 2 aromatic rings. The SMILES string of the molecule is CC(C)(CNC(=O)Nc1cccc2ncccc12)C(=O)O. The predicted octanol–water partition coefficient (Wildman–Crippen LogP) is 2.47. The molecule has 0 saturated carbocycles. The second-order valence-corrected chi connectivity index (χ2v) is 5.37. The number of nitrogens with one attached hydrogen (secondary N) is 2. The Labute approximate surface area is 122 Å². The smallest absolute Gasteiger partial charge is 0.319 e. The van der Waals surface area contributed by atoms with Gasteiger partial charge >= 0.3 is 12.0 Å². The van der Waals surface area contributed by atoms with Crippen molar-refractivity contribution < 1.29 is 14.7 Å².